The summed E-state index contributed by atoms with van der Waals surface area (Å²) in [6.45, 7) is 7.53. The van der Waals surface area contributed by atoms with Crippen molar-refractivity contribution in [3.05, 3.63) is 65.5 Å². The van der Waals surface area contributed by atoms with Crippen molar-refractivity contribution in [2.75, 3.05) is 85.6 Å². The van der Waals surface area contributed by atoms with Gasteiger partial charge in [0.25, 0.3) is 17.7 Å². The molecule has 7 amide bonds. The number of primary amides is 1. The fourth-order valence-corrected chi connectivity index (χ4v) is 10.4. The number of amides is 7. The highest BCUT2D eigenvalue weighted by Crippen LogP contribution is 2.44. The number of benzene rings is 2. The predicted octanol–water partition coefficient (Wildman–Crippen LogP) is 2.71. The van der Waals surface area contributed by atoms with Gasteiger partial charge in [-0.25, -0.2) is 14.8 Å². The SMILES string of the molecule is NC(=O)c1ncc(N2CCCC(N3CCN(C4COC4)C3=O)C2)nc1Nc1ccc(N2CCC3(CC2)CCN(c2ccc4c(c2)C(=O)N(C2CCC(=O)NC2=O)C4=O)CC3)cc1. The molecule has 6 saturated heterocycles. The molecule has 2 aromatic carbocycles. The normalized spacial score (nSPS) is 24.2. The number of ether oxygens (including phenoxy) is 1. The standard InChI is InChI=1S/C44H51N11O7/c45-38(57)37-39(48-35(23-46-37)52-15-1-2-30(24-52)53-20-21-54(43(53)61)31-25-62-26-31)47-27-3-5-28(6-4-27)50-16-11-44(12-17-50)13-18-51(19-14-44)29-7-8-32-33(22-29)42(60)55(41(32)59)34-9-10-36(56)49-40(34)58/h3-8,22-23,30-31,34H,1-2,9-21,24-26H2,(H2,45,57)(H,47,48)(H,49,56,58). The van der Waals surface area contributed by atoms with Gasteiger partial charge in [0.15, 0.2) is 11.5 Å². The molecule has 7 aliphatic heterocycles. The van der Waals surface area contributed by atoms with Crippen molar-refractivity contribution in [3.8, 4) is 0 Å². The fraction of sp³-hybridized carbons (Fsp3) is 0.500. The minimum Gasteiger partial charge on any atom is -0.377 e. The van der Waals surface area contributed by atoms with Gasteiger partial charge in [0.05, 0.1) is 42.6 Å². The largest absolute Gasteiger partial charge is 0.377 e. The lowest BCUT2D eigenvalue weighted by molar-refractivity contribution is -0.136. The molecule has 62 heavy (non-hydrogen) atoms. The van der Waals surface area contributed by atoms with Gasteiger partial charge in [-0.1, -0.05) is 0 Å². The summed E-state index contributed by atoms with van der Waals surface area (Å²) in [7, 11) is 0. The molecule has 2 unspecified atom stereocenters. The highest BCUT2D eigenvalue weighted by atomic mass is 16.5. The number of rotatable bonds is 9. The van der Waals surface area contributed by atoms with E-state index in [1.54, 1.807) is 18.3 Å². The van der Waals surface area contributed by atoms with Gasteiger partial charge in [-0.15, -0.1) is 0 Å². The number of anilines is 5. The summed E-state index contributed by atoms with van der Waals surface area (Å²) in [4.78, 5) is 97.5. The maximum Gasteiger partial charge on any atom is 0.320 e. The summed E-state index contributed by atoms with van der Waals surface area (Å²) in [5, 5.41) is 5.55. The molecule has 2 atom stereocenters. The van der Waals surface area contributed by atoms with Crippen LogP contribution in [0.25, 0.3) is 0 Å². The van der Waals surface area contributed by atoms with Crippen LogP contribution in [0.5, 0.6) is 0 Å². The number of carbonyl (C=O) groups excluding carboxylic acids is 6. The third-order valence-corrected chi connectivity index (χ3v) is 14.2. The van der Waals surface area contributed by atoms with Gasteiger partial charge in [-0.2, -0.15) is 0 Å². The van der Waals surface area contributed by atoms with Crippen LogP contribution in [-0.4, -0.2) is 144 Å². The molecule has 0 radical (unpaired) electrons. The molecule has 7 aliphatic rings. The third-order valence-electron chi connectivity index (χ3n) is 14.2. The van der Waals surface area contributed by atoms with Gasteiger partial charge in [-0.3, -0.25) is 34.2 Å². The molecule has 6 fully saturated rings. The number of nitrogens with two attached hydrogens (primary N) is 1. The van der Waals surface area contributed by atoms with Gasteiger partial charge in [0.2, 0.25) is 11.8 Å². The molecule has 0 bridgehead atoms. The molecule has 18 nitrogen and oxygen atoms in total. The molecular weight excluding hydrogens is 795 g/mol. The van der Waals surface area contributed by atoms with E-state index in [0.717, 1.165) is 93.2 Å². The Morgan fingerprint density at radius 2 is 1.44 bits per heavy atom. The second kappa shape index (κ2) is 15.9. The van der Waals surface area contributed by atoms with Crippen LogP contribution in [0.3, 0.4) is 0 Å². The lowest BCUT2D eigenvalue weighted by atomic mass is 9.71. The minimum absolute atomic E-state index is 0.0572. The topological polar surface area (TPSA) is 207 Å². The van der Waals surface area contributed by atoms with Crippen LogP contribution in [0.2, 0.25) is 0 Å². The Labute approximate surface area is 358 Å². The van der Waals surface area contributed by atoms with Crippen molar-refractivity contribution in [3.63, 3.8) is 0 Å². The van der Waals surface area contributed by atoms with Gasteiger partial charge < -0.3 is 40.3 Å². The van der Waals surface area contributed by atoms with E-state index in [1.165, 1.54) is 0 Å². The summed E-state index contributed by atoms with van der Waals surface area (Å²) < 4.78 is 5.32. The number of imide groups is 2. The summed E-state index contributed by atoms with van der Waals surface area (Å²) in [5.74, 6) is -1.75. The first kappa shape index (κ1) is 39.8. The average Bonchev–Trinajstić information content (AvgIpc) is 3.75. The van der Waals surface area contributed by atoms with Crippen molar-refractivity contribution >= 4 is 64.3 Å². The second-order valence-corrected chi connectivity index (χ2v) is 17.7. The van der Waals surface area contributed by atoms with E-state index in [4.69, 9.17) is 15.5 Å². The smallest absolute Gasteiger partial charge is 0.320 e. The van der Waals surface area contributed by atoms with Crippen LogP contribution in [0.1, 0.15) is 82.6 Å². The summed E-state index contributed by atoms with van der Waals surface area (Å²) in [6, 6.07) is 12.8. The average molecular weight is 846 g/mol. The molecular formula is C44H51N11O7. The molecule has 0 saturated carbocycles. The molecule has 0 aliphatic carbocycles. The van der Waals surface area contributed by atoms with Crippen LogP contribution in [0.15, 0.2) is 48.7 Å². The van der Waals surface area contributed by atoms with Gasteiger partial charge in [-0.05, 0) is 92.8 Å². The quantitative estimate of drug-likeness (QED) is 0.265. The Hall–Kier alpha value is -6.30. The molecule has 8 heterocycles. The minimum atomic E-state index is -0.983. The molecule has 1 aromatic heterocycles. The zero-order valence-electron chi connectivity index (χ0n) is 34.6. The van der Waals surface area contributed by atoms with Crippen LogP contribution in [-0.2, 0) is 14.3 Å². The monoisotopic (exact) mass is 845 g/mol. The van der Waals surface area contributed by atoms with Crippen LogP contribution < -0.4 is 31.1 Å². The first-order chi connectivity index (χ1) is 30.0. The van der Waals surface area contributed by atoms with Gasteiger partial charge in [0.1, 0.15) is 11.9 Å². The Kier molecular flexibility index (Phi) is 10.2. The highest BCUT2D eigenvalue weighted by molar-refractivity contribution is 6.23. The van der Waals surface area contributed by atoms with E-state index in [0.29, 0.717) is 55.6 Å². The molecule has 18 heteroatoms. The highest BCUT2D eigenvalue weighted by Gasteiger charge is 2.46. The van der Waals surface area contributed by atoms with Crippen LogP contribution in [0.4, 0.5) is 33.5 Å². The second-order valence-electron chi connectivity index (χ2n) is 17.7. The van der Waals surface area contributed by atoms with E-state index >= 15 is 0 Å². The first-order valence-corrected chi connectivity index (χ1v) is 21.8. The van der Waals surface area contributed by atoms with E-state index in [-0.39, 0.29) is 42.1 Å². The van der Waals surface area contributed by atoms with E-state index < -0.39 is 35.6 Å². The Balaban J connectivity index is 0.739. The number of piperidine rings is 4. The number of nitrogens with zero attached hydrogens (tertiary/aromatic N) is 8. The number of urea groups is 1. The van der Waals surface area contributed by atoms with Gasteiger partial charge in [0, 0.05) is 75.8 Å². The number of aromatic nitrogens is 2. The summed E-state index contributed by atoms with van der Waals surface area (Å²) >= 11 is 0. The third kappa shape index (κ3) is 7.22. The van der Waals surface area contributed by atoms with Crippen molar-refractivity contribution in [2.45, 2.75) is 69.5 Å². The number of carbonyl (C=O) groups is 6. The van der Waals surface area contributed by atoms with E-state index in [1.807, 2.05) is 28.0 Å². The van der Waals surface area contributed by atoms with E-state index in [9.17, 15) is 28.8 Å². The van der Waals surface area contributed by atoms with Crippen LogP contribution >= 0.6 is 0 Å². The Bertz CT molecular complexity index is 2320. The van der Waals surface area contributed by atoms with Crippen molar-refractivity contribution in [1.29, 1.82) is 0 Å². The van der Waals surface area contributed by atoms with Crippen molar-refractivity contribution in [1.82, 2.24) is 30.0 Å². The molecule has 324 valence electrons. The maximum atomic E-state index is 13.4. The zero-order chi connectivity index (χ0) is 42.7. The predicted molar refractivity (Wildman–Crippen MR) is 227 cm³/mol. The number of hydrogen-bond donors (Lipinski definition) is 3. The number of hydrogen-bond acceptors (Lipinski definition) is 13. The Morgan fingerprint density at radius 1 is 0.774 bits per heavy atom. The molecule has 1 spiro atoms. The maximum absolute atomic E-state index is 13.4. The van der Waals surface area contributed by atoms with Gasteiger partial charge >= 0.3 is 6.03 Å². The molecule has 10 rings (SSSR count). The molecule has 4 N–H and O–H groups in total. The molecule has 3 aromatic rings. The van der Waals surface area contributed by atoms with Crippen LogP contribution in [0, 0.1) is 5.41 Å². The lowest BCUT2D eigenvalue weighted by Gasteiger charge is -2.48. The summed E-state index contributed by atoms with van der Waals surface area (Å²) in [6.07, 6.45) is 7.76. The Morgan fingerprint density at radius 3 is 2.10 bits per heavy atom. The number of fused-ring (bicyclic) bond motifs is 1. The lowest BCUT2D eigenvalue weighted by Crippen LogP contribution is -2.54. The van der Waals surface area contributed by atoms with Crippen molar-refractivity contribution in [2.24, 2.45) is 11.1 Å². The summed E-state index contributed by atoms with van der Waals surface area (Å²) in [5.41, 5.74) is 9.37. The van der Waals surface area contributed by atoms with Crippen molar-refractivity contribution < 1.29 is 33.5 Å². The first-order valence-electron chi connectivity index (χ1n) is 21.8. The zero-order valence-corrected chi connectivity index (χ0v) is 34.6. The number of nitrogens with one attached hydrogen (secondary N) is 2. The fourth-order valence-electron chi connectivity index (χ4n) is 10.4. The van der Waals surface area contributed by atoms with E-state index in [2.05, 4.69) is 42.5 Å².